The van der Waals surface area contributed by atoms with Crippen molar-refractivity contribution in [2.24, 2.45) is 4.99 Å². The Balaban J connectivity index is 1.37. The molecule has 31 heavy (non-hydrogen) atoms. The van der Waals surface area contributed by atoms with Gasteiger partial charge in [0.2, 0.25) is 0 Å². The Hall–Kier alpha value is -3.55. The predicted octanol–water partition coefficient (Wildman–Crippen LogP) is 2.45. The topological polar surface area (TPSA) is 78.9 Å². The quantitative estimate of drug-likeness (QED) is 0.490. The molecule has 8 nitrogen and oxygen atoms in total. The molecule has 0 unspecified atom stereocenters. The molecular weight excluding hydrogens is 392 g/mol. The highest BCUT2D eigenvalue weighted by Crippen LogP contribution is 2.11. The maximum absolute atomic E-state index is 12.5. The monoisotopic (exact) mass is 420 g/mol. The Morgan fingerprint density at radius 1 is 1.10 bits per heavy atom. The lowest BCUT2D eigenvalue weighted by Crippen LogP contribution is -2.53. The van der Waals surface area contributed by atoms with Crippen LogP contribution in [0.3, 0.4) is 0 Å². The van der Waals surface area contributed by atoms with Gasteiger partial charge in [-0.25, -0.2) is 4.99 Å². The van der Waals surface area contributed by atoms with E-state index in [0.29, 0.717) is 25.4 Å². The second-order valence-electron chi connectivity index (χ2n) is 7.45. The number of guanidine groups is 1. The summed E-state index contributed by atoms with van der Waals surface area (Å²) in [5.41, 5.74) is 2.36. The first-order chi connectivity index (χ1) is 15.2. The molecule has 1 aliphatic heterocycles. The minimum absolute atomic E-state index is 0.0550. The molecule has 1 aromatic carbocycles. The number of amides is 1. The van der Waals surface area contributed by atoms with Crippen LogP contribution >= 0.6 is 0 Å². The smallest absolute Gasteiger partial charge is 0.289 e. The lowest BCUT2D eigenvalue weighted by Gasteiger charge is -2.36. The van der Waals surface area contributed by atoms with Crippen LogP contribution in [0.25, 0.3) is 0 Å². The van der Waals surface area contributed by atoms with Crippen molar-refractivity contribution < 1.29 is 9.21 Å². The number of rotatable bonds is 6. The minimum atomic E-state index is -0.0550. The molecule has 1 saturated heterocycles. The third kappa shape index (κ3) is 5.33. The van der Waals surface area contributed by atoms with E-state index in [4.69, 9.17) is 9.41 Å². The first kappa shape index (κ1) is 20.7. The van der Waals surface area contributed by atoms with Gasteiger partial charge in [0.1, 0.15) is 0 Å². The van der Waals surface area contributed by atoms with Crippen molar-refractivity contribution in [1.82, 2.24) is 24.9 Å². The Morgan fingerprint density at radius 2 is 1.90 bits per heavy atom. The van der Waals surface area contributed by atoms with Gasteiger partial charge in [0.15, 0.2) is 11.7 Å². The van der Waals surface area contributed by atoms with Crippen LogP contribution in [0.5, 0.6) is 0 Å². The Kier molecular flexibility index (Phi) is 6.66. The van der Waals surface area contributed by atoms with Crippen molar-refractivity contribution in [1.29, 1.82) is 0 Å². The van der Waals surface area contributed by atoms with E-state index in [9.17, 15) is 4.79 Å². The first-order valence-corrected chi connectivity index (χ1v) is 10.6. The summed E-state index contributed by atoms with van der Waals surface area (Å²) in [6.07, 6.45) is 5.28. The standard InChI is InChI=1S/C23H28N6O2/c1-2-24-23(28-13-11-27(12-14-28)22(30)21-8-4-15-31-21)25-17-19-6-3-7-20(16-19)18-29-10-5-9-26-29/h3-10,15-16H,2,11-14,17-18H2,1H3,(H,24,25). The molecule has 0 atom stereocenters. The number of hydrogen-bond acceptors (Lipinski definition) is 4. The lowest BCUT2D eigenvalue weighted by molar-refractivity contribution is 0.0657. The summed E-state index contributed by atoms with van der Waals surface area (Å²) in [5.74, 6) is 1.22. The summed E-state index contributed by atoms with van der Waals surface area (Å²) in [6, 6.07) is 13.8. The number of carbonyl (C=O) groups excluding carboxylic acids is 1. The number of benzene rings is 1. The van der Waals surface area contributed by atoms with Gasteiger partial charge < -0.3 is 19.5 Å². The number of hydrogen-bond donors (Lipinski definition) is 1. The van der Waals surface area contributed by atoms with E-state index >= 15 is 0 Å². The predicted molar refractivity (Wildman–Crippen MR) is 119 cm³/mol. The van der Waals surface area contributed by atoms with Crippen LogP contribution in [0.1, 0.15) is 28.6 Å². The van der Waals surface area contributed by atoms with Gasteiger partial charge in [0.25, 0.3) is 5.91 Å². The lowest BCUT2D eigenvalue weighted by atomic mass is 10.1. The van der Waals surface area contributed by atoms with Gasteiger partial charge >= 0.3 is 0 Å². The first-order valence-electron chi connectivity index (χ1n) is 10.6. The number of aromatic nitrogens is 2. The normalized spacial score (nSPS) is 14.7. The van der Waals surface area contributed by atoms with Gasteiger partial charge in [-0.2, -0.15) is 5.10 Å². The Morgan fingerprint density at radius 3 is 2.61 bits per heavy atom. The van der Waals surface area contributed by atoms with Crippen LogP contribution in [0.15, 0.2) is 70.5 Å². The molecule has 8 heteroatoms. The van der Waals surface area contributed by atoms with Crippen molar-refractivity contribution in [3.8, 4) is 0 Å². The van der Waals surface area contributed by atoms with Gasteiger partial charge in [-0.1, -0.05) is 24.3 Å². The number of nitrogens with zero attached hydrogens (tertiary/aromatic N) is 5. The molecule has 3 heterocycles. The van der Waals surface area contributed by atoms with Gasteiger partial charge in [-0.3, -0.25) is 9.48 Å². The fourth-order valence-electron chi connectivity index (χ4n) is 3.68. The number of carbonyl (C=O) groups is 1. The second-order valence-corrected chi connectivity index (χ2v) is 7.45. The zero-order valence-electron chi connectivity index (χ0n) is 17.8. The molecule has 0 spiro atoms. The van der Waals surface area contributed by atoms with Crippen molar-refractivity contribution >= 4 is 11.9 Å². The van der Waals surface area contributed by atoms with E-state index in [1.807, 2.05) is 21.8 Å². The average Bonchev–Trinajstić information content (AvgIpc) is 3.51. The number of furan rings is 1. The number of nitrogens with one attached hydrogen (secondary N) is 1. The molecule has 0 bridgehead atoms. The fraction of sp³-hybridized carbons (Fsp3) is 0.348. The maximum Gasteiger partial charge on any atom is 0.289 e. The third-order valence-corrected chi connectivity index (χ3v) is 5.24. The summed E-state index contributed by atoms with van der Waals surface area (Å²) in [5, 5.41) is 7.66. The van der Waals surface area contributed by atoms with Gasteiger partial charge in [-0.05, 0) is 36.2 Å². The van der Waals surface area contributed by atoms with Gasteiger partial charge in [0.05, 0.1) is 19.4 Å². The largest absolute Gasteiger partial charge is 0.459 e. The molecule has 0 saturated carbocycles. The highest BCUT2D eigenvalue weighted by molar-refractivity contribution is 5.91. The molecule has 162 valence electrons. The Bertz CT molecular complexity index is 989. The van der Waals surface area contributed by atoms with Crippen LogP contribution in [0.2, 0.25) is 0 Å². The van der Waals surface area contributed by atoms with E-state index in [1.165, 1.54) is 11.8 Å². The van der Waals surface area contributed by atoms with Crippen molar-refractivity contribution in [2.45, 2.75) is 20.0 Å². The molecule has 0 aliphatic carbocycles. The zero-order chi connectivity index (χ0) is 21.5. The third-order valence-electron chi connectivity index (χ3n) is 5.24. The summed E-state index contributed by atoms with van der Waals surface area (Å²) in [7, 11) is 0. The molecule has 3 aromatic rings. The van der Waals surface area contributed by atoms with Crippen LogP contribution in [-0.4, -0.2) is 64.2 Å². The number of aliphatic imine (C=N–C) groups is 1. The van der Waals surface area contributed by atoms with Crippen LogP contribution in [-0.2, 0) is 13.1 Å². The molecule has 2 aromatic heterocycles. The molecule has 1 amide bonds. The van der Waals surface area contributed by atoms with Gasteiger partial charge in [-0.15, -0.1) is 0 Å². The van der Waals surface area contributed by atoms with Crippen molar-refractivity contribution in [3.63, 3.8) is 0 Å². The van der Waals surface area contributed by atoms with E-state index in [1.54, 1.807) is 18.3 Å². The van der Waals surface area contributed by atoms with E-state index in [-0.39, 0.29) is 5.91 Å². The summed E-state index contributed by atoms with van der Waals surface area (Å²) >= 11 is 0. The molecule has 1 N–H and O–H groups in total. The summed E-state index contributed by atoms with van der Waals surface area (Å²) < 4.78 is 7.16. The minimum Gasteiger partial charge on any atom is -0.459 e. The van der Waals surface area contributed by atoms with Crippen molar-refractivity contribution in [2.75, 3.05) is 32.7 Å². The van der Waals surface area contributed by atoms with E-state index < -0.39 is 0 Å². The molecule has 4 rings (SSSR count). The molecular formula is C23H28N6O2. The average molecular weight is 421 g/mol. The maximum atomic E-state index is 12.5. The summed E-state index contributed by atoms with van der Waals surface area (Å²) in [4.78, 5) is 21.4. The highest BCUT2D eigenvalue weighted by atomic mass is 16.3. The van der Waals surface area contributed by atoms with Gasteiger partial charge in [0, 0.05) is 45.1 Å². The van der Waals surface area contributed by atoms with E-state index in [0.717, 1.165) is 37.7 Å². The Labute approximate surface area is 182 Å². The molecule has 0 radical (unpaired) electrons. The van der Waals surface area contributed by atoms with Crippen LogP contribution < -0.4 is 5.32 Å². The van der Waals surface area contributed by atoms with E-state index in [2.05, 4.69) is 46.5 Å². The summed E-state index contributed by atoms with van der Waals surface area (Å²) in [6.45, 7) is 6.96. The number of piperazine rings is 1. The second kappa shape index (κ2) is 9.97. The highest BCUT2D eigenvalue weighted by Gasteiger charge is 2.25. The van der Waals surface area contributed by atoms with Crippen LogP contribution in [0, 0.1) is 0 Å². The SMILES string of the molecule is CCNC(=NCc1cccc(Cn2cccn2)c1)N1CCN(C(=O)c2ccco2)CC1. The van der Waals surface area contributed by atoms with Crippen LogP contribution in [0.4, 0.5) is 0 Å². The zero-order valence-corrected chi connectivity index (χ0v) is 17.8. The fourth-order valence-corrected chi connectivity index (χ4v) is 3.68. The molecule has 1 aliphatic rings. The van der Waals surface area contributed by atoms with Crippen molar-refractivity contribution in [3.05, 3.63) is 78.0 Å². The molecule has 1 fully saturated rings.